The SMILES string of the molecule is CC(C)OCC(=O)Nc1cc(C(C)C)[nH]n1. The highest BCUT2D eigenvalue weighted by molar-refractivity contribution is 5.90. The summed E-state index contributed by atoms with van der Waals surface area (Å²) < 4.78 is 5.18. The third kappa shape index (κ3) is 4.02. The molecule has 0 saturated carbocycles. The van der Waals surface area contributed by atoms with Gasteiger partial charge < -0.3 is 10.1 Å². The molecule has 0 unspecified atom stereocenters. The maximum absolute atomic E-state index is 11.4. The molecule has 0 aliphatic rings. The first kappa shape index (κ1) is 12.7. The van der Waals surface area contributed by atoms with Gasteiger partial charge in [0.1, 0.15) is 6.61 Å². The van der Waals surface area contributed by atoms with E-state index >= 15 is 0 Å². The van der Waals surface area contributed by atoms with E-state index in [1.165, 1.54) is 0 Å². The Hall–Kier alpha value is -1.36. The summed E-state index contributed by atoms with van der Waals surface area (Å²) in [5.74, 6) is 0.724. The van der Waals surface area contributed by atoms with E-state index in [1.54, 1.807) is 0 Å². The number of carbonyl (C=O) groups is 1. The van der Waals surface area contributed by atoms with Crippen LogP contribution in [0.5, 0.6) is 0 Å². The van der Waals surface area contributed by atoms with Crippen molar-refractivity contribution in [1.29, 1.82) is 0 Å². The van der Waals surface area contributed by atoms with Gasteiger partial charge in [0.25, 0.3) is 5.91 Å². The molecule has 0 atom stereocenters. The normalized spacial score (nSPS) is 11.1. The van der Waals surface area contributed by atoms with Gasteiger partial charge in [-0.25, -0.2) is 0 Å². The fraction of sp³-hybridized carbons (Fsp3) is 0.636. The second kappa shape index (κ2) is 5.65. The van der Waals surface area contributed by atoms with Crippen molar-refractivity contribution in [3.63, 3.8) is 0 Å². The summed E-state index contributed by atoms with van der Waals surface area (Å²) in [5, 5.41) is 9.53. The summed E-state index contributed by atoms with van der Waals surface area (Å²) in [6.07, 6.45) is 0.0520. The lowest BCUT2D eigenvalue weighted by Crippen LogP contribution is -2.20. The molecule has 5 nitrogen and oxygen atoms in total. The van der Waals surface area contributed by atoms with E-state index in [0.717, 1.165) is 5.69 Å². The van der Waals surface area contributed by atoms with Crippen LogP contribution in [-0.4, -0.2) is 28.8 Å². The third-order valence-electron chi connectivity index (χ3n) is 2.03. The smallest absolute Gasteiger partial charge is 0.251 e. The Morgan fingerprint density at radius 3 is 2.69 bits per heavy atom. The Balaban J connectivity index is 2.43. The largest absolute Gasteiger partial charge is 0.369 e. The summed E-state index contributed by atoms with van der Waals surface area (Å²) in [4.78, 5) is 11.4. The predicted molar refractivity (Wildman–Crippen MR) is 62.4 cm³/mol. The molecule has 16 heavy (non-hydrogen) atoms. The van der Waals surface area contributed by atoms with Gasteiger partial charge in [-0.1, -0.05) is 13.8 Å². The lowest BCUT2D eigenvalue weighted by Gasteiger charge is -2.06. The molecule has 0 fully saturated rings. The molecule has 90 valence electrons. The Morgan fingerprint density at radius 2 is 2.19 bits per heavy atom. The molecular formula is C11H19N3O2. The van der Waals surface area contributed by atoms with Gasteiger partial charge >= 0.3 is 0 Å². The quantitative estimate of drug-likeness (QED) is 0.804. The van der Waals surface area contributed by atoms with Gasteiger partial charge in [-0.2, -0.15) is 5.10 Å². The van der Waals surface area contributed by atoms with Crippen molar-refractivity contribution in [3.05, 3.63) is 11.8 Å². The number of carbonyl (C=O) groups excluding carboxylic acids is 1. The number of aromatic amines is 1. The minimum Gasteiger partial charge on any atom is -0.369 e. The average molecular weight is 225 g/mol. The van der Waals surface area contributed by atoms with E-state index in [4.69, 9.17) is 4.74 Å². The molecule has 0 aliphatic heterocycles. The van der Waals surface area contributed by atoms with Gasteiger partial charge in [0.2, 0.25) is 0 Å². The molecule has 1 aromatic heterocycles. The number of nitrogens with one attached hydrogen (secondary N) is 2. The van der Waals surface area contributed by atoms with E-state index in [9.17, 15) is 4.79 Å². The predicted octanol–water partition coefficient (Wildman–Crippen LogP) is 1.90. The molecular weight excluding hydrogens is 206 g/mol. The highest BCUT2D eigenvalue weighted by Crippen LogP contribution is 2.14. The summed E-state index contributed by atoms with van der Waals surface area (Å²) in [6, 6.07) is 1.83. The highest BCUT2D eigenvalue weighted by Gasteiger charge is 2.08. The van der Waals surface area contributed by atoms with Crippen LogP contribution in [0.1, 0.15) is 39.3 Å². The van der Waals surface area contributed by atoms with Crippen molar-refractivity contribution in [2.45, 2.75) is 39.7 Å². The van der Waals surface area contributed by atoms with E-state index in [2.05, 4.69) is 29.4 Å². The van der Waals surface area contributed by atoms with Crippen molar-refractivity contribution >= 4 is 11.7 Å². The summed E-state index contributed by atoms with van der Waals surface area (Å²) in [7, 11) is 0. The lowest BCUT2D eigenvalue weighted by molar-refractivity contribution is -0.121. The van der Waals surface area contributed by atoms with Crippen LogP contribution >= 0.6 is 0 Å². The molecule has 1 rings (SSSR count). The van der Waals surface area contributed by atoms with E-state index in [0.29, 0.717) is 11.7 Å². The average Bonchev–Trinajstić information content (AvgIpc) is 2.63. The summed E-state index contributed by atoms with van der Waals surface area (Å²) in [6.45, 7) is 7.95. The van der Waals surface area contributed by atoms with Crippen molar-refractivity contribution in [2.75, 3.05) is 11.9 Å². The van der Waals surface area contributed by atoms with Crippen LogP contribution in [0, 0.1) is 0 Å². The Kier molecular flexibility index (Phi) is 4.49. The minimum atomic E-state index is -0.185. The second-order valence-corrected chi connectivity index (χ2v) is 4.27. The van der Waals surface area contributed by atoms with Gasteiger partial charge in [-0.05, 0) is 19.8 Å². The first-order valence-electron chi connectivity index (χ1n) is 5.45. The van der Waals surface area contributed by atoms with E-state index < -0.39 is 0 Å². The zero-order valence-electron chi connectivity index (χ0n) is 10.2. The fourth-order valence-corrected chi connectivity index (χ4v) is 1.12. The topological polar surface area (TPSA) is 67.0 Å². The van der Waals surface area contributed by atoms with Crippen LogP contribution < -0.4 is 5.32 Å². The zero-order chi connectivity index (χ0) is 12.1. The van der Waals surface area contributed by atoms with Crippen LogP contribution in [-0.2, 0) is 9.53 Å². The summed E-state index contributed by atoms with van der Waals surface area (Å²) in [5.41, 5.74) is 1.00. The van der Waals surface area contributed by atoms with Crippen molar-refractivity contribution in [3.8, 4) is 0 Å². The Bertz CT molecular complexity index is 345. The number of aromatic nitrogens is 2. The molecule has 1 heterocycles. The molecule has 1 aromatic rings. The molecule has 0 spiro atoms. The number of hydrogen-bond acceptors (Lipinski definition) is 3. The summed E-state index contributed by atoms with van der Waals surface area (Å²) >= 11 is 0. The van der Waals surface area contributed by atoms with Gasteiger partial charge in [0, 0.05) is 11.8 Å². The maximum atomic E-state index is 11.4. The van der Waals surface area contributed by atoms with Crippen LogP contribution in [0.4, 0.5) is 5.82 Å². The van der Waals surface area contributed by atoms with Gasteiger partial charge in [-0.3, -0.25) is 9.89 Å². The zero-order valence-corrected chi connectivity index (χ0v) is 10.2. The second-order valence-electron chi connectivity index (χ2n) is 4.27. The van der Waals surface area contributed by atoms with Crippen LogP contribution in [0.3, 0.4) is 0 Å². The van der Waals surface area contributed by atoms with Crippen LogP contribution in [0.25, 0.3) is 0 Å². The first-order valence-corrected chi connectivity index (χ1v) is 5.45. The molecule has 0 saturated heterocycles. The lowest BCUT2D eigenvalue weighted by atomic mass is 10.1. The number of ether oxygens (including phenoxy) is 1. The van der Waals surface area contributed by atoms with Gasteiger partial charge in [0.15, 0.2) is 5.82 Å². The molecule has 1 amide bonds. The number of H-pyrrole nitrogens is 1. The number of hydrogen-bond donors (Lipinski definition) is 2. The Morgan fingerprint density at radius 1 is 1.50 bits per heavy atom. The van der Waals surface area contributed by atoms with Gasteiger partial charge in [-0.15, -0.1) is 0 Å². The van der Waals surface area contributed by atoms with E-state index in [1.807, 2.05) is 19.9 Å². The molecule has 5 heteroatoms. The Labute approximate surface area is 95.6 Å². The maximum Gasteiger partial charge on any atom is 0.251 e. The van der Waals surface area contributed by atoms with Crippen molar-refractivity contribution in [1.82, 2.24) is 10.2 Å². The van der Waals surface area contributed by atoms with Crippen LogP contribution in [0.15, 0.2) is 6.07 Å². The molecule has 0 bridgehead atoms. The third-order valence-corrected chi connectivity index (χ3v) is 2.03. The minimum absolute atomic E-state index is 0.0520. The van der Waals surface area contributed by atoms with Crippen molar-refractivity contribution in [2.24, 2.45) is 0 Å². The molecule has 0 radical (unpaired) electrons. The fourth-order valence-electron chi connectivity index (χ4n) is 1.12. The monoisotopic (exact) mass is 225 g/mol. The van der Waals surface area contributed by atoms with E-state index in [-0.39, 0.29) is 18.6 Å². The highest BCUT2D eigenvalue weighted by atomic mass is 16.5. The molecule has 2 N–H and O–H groups in total. The first-order chi connectivity index (χ1) is 7.49. The van der Waals surface area contributed by atoms with Crippen LogP contribution in [0.2, 0.25) is 0 Å². The molecule has 0 aliphatic carbocycles. The number of rotatable bonds is 5. The number of anilines is 1. The number of nitrogens with zero attached hydrogens (tertiary/aromatic N) is 1. The van der Waals surface area contributed by atoms with Gasteiger partial charge in [0.05, 0.1) is 6.10 Å². The standard InChI is InChI=1S/C11H19N3O2/c1-7(2)9-5-10(14-13-9)12-11(15)6-16-8(3)4/h5,7-8H,6H2,1-4H3,(H2,12,13,14,15). The van der Waals surface area contributed by atoms with Crippen molar-refractivity contribution < 1.29 is 9.53 Å². The number of amides is 1. The molecule has 0 aromatic carbocycles.